The maximum atomic E-state index is 12.8. The van der Waals surface area contributed by atoms with E-state index < -0.39 is 6.61 Å². The number of aliphatic imine (C=N–C) groups is 1. The van der Waals surface area contributed by atoms with Gasteiger partial charge in [-0.15, -0.1) is 0 Å². The van der Waals surface area contributed by atoms with E-state index in [0.717, 1.165) is 6.54 Å². The molecule has 0 amide bonds. The topological polar surface area (TPSA) is 67.4 Å². The molecule has 9 heteroatoms. The molecule has 2 rings (SSSR count). The number of hydrogen-bond donors (Lipinski definition) is 2. The van der Waals surface area contributed by atoms with Gasteiger partial charge in [-0.05, 0) is 32.5 Å². The Bertz CT molecular complexity index is 681. The van der Waals surface area contributed by atoms with Crippen LogP contribution in [0, 0.1) is 5.41 Å². The summed E-state index contributed by atoms with van der Waals surface area (Å²) >= 11 is 0. The monoisotopic (exact) mass is 400 g/mol. The molecule has 1 aliphatic rings. The predicted octanol–water partition coefficient (Wildman–Crippen LogP) is 2.66. The fraction of sp³-hybridized carbons (Fsp3) is 0.632. The predicted molar refractivity (Wildman–Crippen MR) is 104 cm³/mol. The zero-order valence-corrected chi connectivity index (χ0v) is 17.1. The summed E-state index contributed by atoms with van der Waals surface area (Å²) in [6.07, 6.45) is 0. The van der Waals surface area contributed by atoms with Crippen molar-refractivity contribution in [3.05, 3.63) is 17.7 Å². The number of nitrogens with zero attached hydrogens (tertiary/aromatic N) is 2. The highest BCUT2D eigenvalue weighted by Crippen LogP contribution is 2.39. The Kier molecular flexibility index (Phi) is 7.68. The Hall–Kier alpha value is -2.29. The van der Waals surface area contributed by atoms with Crippen LogP contribution in [0.4, 0.5) is 8.78 Å². The number of hydrogen-bond acceptors (Lipinski definition) is 5. The minimum Gasteiger partial charge on any atom is -0.454 e. The number of alkyl halides is 2. The van der Waals surface area contributed by atoms with Crippen LogP contribution >= 0.6 is 0 Å². The molecule has 1 aromatic carbocycles. The molecule has 0 fully saturated rings. The number of nitrogens with one attached hydrogen (secondary N) is 2. The van der Waals surface area contributed by atoms with Crippen molar-refractivity contribution in [2.24, 2.45) is 10.4 Å². The minimum absolute atomic E-state index is 0.0301. The lowest BCUT2D eigenvalue weighted by Gasteiger charge is -2.29. The number of benzene rings is 1. The van der Waals surface area contributed by atoms with Gasteiger partial charge in [-0.1, -0.05) is 13.8 Å². The molecular formula is C19H30F2N4O3. The van der Waals surface area contributed by atoms with Gasteiger partial charge in [0.05, 0.1) is 6.54 Å². The van der Waals surface area contributed by atoms with Crippen LogP contribution < -0.4 is 24.8 Å². The Morgan fingerprint density at radius 2 is 1.93 bits per heavy atom. The Balaban J connectivity index is 2.13. The molecule has 0 bridgehead atoms. The second kappa shape index (κ2) is 9.77. The highest BCUT2D eigenvalue weighted by molar-refractivity contribution is 5.79. The summed E-state index contributed by atoms with van der Waals surface area (Å²) < 4.78 is 40.7. The summed E-state index contributed by atoms with van der Waals surface area (Å²) in [7, 11) is 4.07. The molecule has 2 N–H and O–H groups in total. The summed E-state index contributed by atoms with van der Waals surface area (Å²) in [6.45, 7) is 5.87. The first-order valence-electron chi connectivity index (χ1n) is 9.24. The third-order valence-electron chi connectivity index (χ3n) is 4.00. The van der Waals surface area contributed by atoms with Crippen molar-refractivity contribution < 1.29 is 23.0 Å². The molecule has 0 saturated heterocycles. The maximum absolute atomic E-state index is 12.8. The van der Waals surface area contributed by atoms with Crippen LogP contribution in [0.3, 0.4) is 0 Å². The summed E-state index contributed by atoms with van der Waals surface area (Å²) in [4.78, 5) is 6.65. The van der Waals surface area contributed by atoms with Gasteiger partial charge < -0.3 is 29.7 Å². The van der Waals surface area contributed by atoms with Crippen molar-refractivity contribution in [1.29, 1.82) is 0 Å². The van der Waals surface area contributed by atoms with Gasteiger partial charge in [0.2, 0.25) is 6.79 Å². The molecular weight excluding hydrogens is 370 g/mol. The van der Waals surface area contributed by atoms with Gasteiger partial charge in [-0.2, -0.15) is 8.78 Å². The van der Waals surface area contributed by atoms with Gasteiger partial charge >= 0.3 is 6.61 Å². The van der Waals surface area contributed by atoms with Gasteiger partial charge in [0, 0.05) is 31.3 Å². The van der Waals surface area contributed by atoms with E-state index in [1.165, 1.54) is 6.07 Å². The van der Waals surface area contributed by atoms with Crippen LogP contribution in [0.2, 0.25) is 0 Å². The fourth-order valence-corrected chi connectivity index (χ4v) is 3.04. The van der Waals surface area contributed by atoms with E-state index in [2.05, 4.69) is 39.1 Å². The lowest BCUT2D eigenvalue weighted by atomic mass is 9.93. The van der Waals surface area contributed by atoms with Crippen LogP contribution in [0.15, 0.2) is 17.1 Å². The van der Waals surface area contributed by atoms with E-state index in [1.54, 1.807) is 6.07 Å². The van der Waals surface area contributed by atoms with E-state index in [1.807, 2.05) is 21.0 Å². The van der Waals surface area contributed by atoms with Crippen LogP contribution in [-0.4, -0.2) is 58.0 Å². The van der Waals surface area contributed by atoms with Gasteiger partial charge in [-0.25, -0.2) is 4.99 Å². The number of halogens is 2. The molecule has 0 aromatic heterocycles. The average molecular weight is 400 g/mol. The summed E-state index contributed by atoms with van der Waals surface area (Å²) in [5.74, 6) is 1.53. The third kappa shape index (κ3) is 6.70. The third-order valence-corrected chi connectivity index (χ3v) is 4.00. The molecule has 1 aromatic rings. The van der Waals surface area contributed by atoms with Crippen molar-refractivity contribution in [3.63, 3.8) is 0 Å². The SMILES string of the molecule is CCNC(=NCc1cc2c(cc1OC(F)F)OCO2)NCC(C)(C)CN(C)C. The number of guanidine groups is 1. The number of rotatable bonds is 9. The van der Waals surface area contributed by atoms with Gasteiger partial charge in [-0.3, -0.25) is 0 Å². The van der Waals surface area contributed by atoms with Crippen molar-refractivity contribution in [2.45, 2.75) is 33.9 Å². The Morgan fingerprint density at radius 1 is 1.25 bits per heavy atom. The lowest BCUT2D eigenvalue weighted by molar-refractivity contribution is -0.0505. The molecule has 0 atom stereocenters. The second-order valence-electron chi connectivity index (χ2n) is 7.64. The average Bonchev–Trinajstić information content (AvgIpc) is 3.02. The molecule has 7 nitrogen and oxygen atoms in total. The van der Waals surface area contributed by atoms with Crippen LogP contribution in [0.5, 0.6) is 17.2 Å². The van der Waals surface area contributed by atoms with Crippen molar-refractivity contribution >= 4 is 5.96 Å². The van der Waals surface area contributed by atoms with Crippen LogP contribution in [0.25, 0.3) is 0 Å². The van der Waals surface area contributed by atoms with Crippen LogP contribution in [-0.2, 0) is 6.54 Å². The Labute approximate surface area is 165 Å². The van der Waals surface area contributed by atoms with E-state index in [9.17, 15) is 8.78 Å². The normalized spacial score (nSPS) is 14.0. The van der Waals surface area contributed by atoms with Gasteiger partial charge in [0.1, 0.15) is 5.75 Å². The smallest absolute Gasteiger partial charge is 0.387 e. The highest BCUT2D eigenvalue weighted by Gasteiger charge is 2.21. The van der Waals surface area contributed by atoms with E-state index in [4.69, 9.17) is 9.47 Å². The second-order valence-corrected chi connectivity index (χ2v) is 7.64. The molecule has 1 aliphatic heterocycles. The lowest BCUT2D eigenvalue weighted by Crippen LogP contribution is -2.44. The minimum atomic E-state index is -2.93. The number of fused-ring (bicyclic) bond motifs is 1. The van der Waals surface area contributed by atoms with Crippen LogP contribution in [0.1, 0.15) is 26.3 Å². The maximum Gasteiger partial charge on any atom is 0.387 e. The van der Waals surface area contributed by atoms with Crippen molar-refractivity contribution in [2.75, 3.05) is 40.5 Å². The van der Waals surface area contributed by atoms with E-state index in [0.29, 0.717) is 36.1 Å². The molecule has 0 aliphatic carbocycles. The largest absolute Gasteiger partial charge is 0.454 e. The van der Waals surface area contributed by atoms with Gasteiger partial charge in [0.25, 0.3) is 0 Å². The summed E-state index contributed by atoms with van der Waals surface area (Å²) in [6, 6.07) is 3.04. The number of ether oxygens (including phenoxy) is 3. The zero-order valence-electron chi connectivity index (χ0n) is 17.1. The van der Waals surface area contributed by atoms with Crippen molar-refractivity contribution in [3.8, 4) is 17.2 Å². The molecule has 28 heavy (non-hydrogen) atoms. The first kappa shape index (κ1) is 22.0. The van der Waals surface area contributed by atoms with E-state index >= 15 is 0 Å². The highest BCUT2D eigenvalue weighted by atomic mass is 19.3. The molecule has 0 saturated carbocycles. The standard InChI is InChI=1S/C19H30F2N4O3/c1-6-22-18(24-10-19(2,3)11-25(4)5)23-9-13-7-15-16(27-12-26-15)8-14(13)28-17(20)21/h7-8,17H,6,9-12H2,1-5H3,(H2,22,23,24). The molecule has 158 valence electrons. The first-order chi connectivity index (χ1) is 13.2. The fourth-order valence-electron chi connectivity index (χ4n) is 3.04. The van der Waals surface area contributed by atoms with Gasteiger partial charge in [0.15, 0.2) is 17.5 Å². The molecule has 0 unspecified atom stereocenters. The van der Waals surface area contributed by atoms with E-state index in [-0.39, 0.29) is 24.5 Å². The first-order valence-corrected chi connectivity index (χ1v) is 9.24. The van der Waals surface area contributed by atoms with Crippen molar-refractivity contribution in [1.82, 2.24) is 15.5 Å². The zero-order chi connectivity index (χ0) is 20.7. The molecule has 0 spiro atoms. The summed E-state index contributed by atoms with van der Waals surface area (Å²) in [5, 5.41) is 6.49. The molecule has 0 radical (unpaired) electrons. The molecule has 1 heterocycles. The summed E-state index contributed by atoms with van der Waals surface area (Å²) in [5.41, 5.74) is 0.525. The quantitative estimate of drug-likeness (QED) is 0.491. The Morgan fingerprint density at radius 3 is 2.54 bits per heavy atom.